The molecule has 7 rings (SSSR count). The molecule has 3 aromatic carbocycles. The smallest absolute Gasteiger partial charge is 0.408 e. The second-order valence-electron chi connectivity index (χ2n) is 20.4. The van der Waals surface area contributed by atoms with Crippen molar-refractivity contribution in [1.82, 2.24) is 40.2 Å². The topological polar surface area (TPSA) is 253 Å². The zero-order valence-corrected chi connectivity index (χ0v) is 42.2. The average Bonchev–Trinajstić information content (AvgIpc) is 3.89. The van der Waals surface area contributed by atoms with Gasteiger partial charge in [0.1, 0.15) is 29.8 Å². The number of benzene rings is 3. The lowest BCUT2D eigenvalue weighted by Gasteiger charge is -2.39. The van der Waals surface area contributed by atoms with E-state index in [4.69, 9.17) is 10.5 Å². The number of ether oxygens (including phenoxy) is 1. The maximum atomic E-state index is 14.7. The van der Waals surface area contributed by atoms with Crippen molar-refractivity contribution in [1.29, 1.82) is 0 Å². The number of nitrogens with two attached hydrogens (primary N) is 1. The summed E-state index contributed by atoms with van der Waals surface area (Å²) in [5, 5.41) is 10.9. The normalized spacial score (nSPS) is 19.7. The zero-order valence-electron chi connectivity index (χ0n) is 42.2. The molecule has 0 saturated carbocycles. The molecule has 8 amide bonds. The van der Waals surface area contributed by atoms with Crippen molar-refractivity contribution >= 4 is 58.5 Å². The fourth-order valence-electron chi connectivity index (χ4n) is 10.4. The Bertz CT molecular complexity index is 2690. The van der Waals surface area contributed by atoms with Gasteiger partial charge in [0, 0.05) is 38.9 Å². The van der Waals surface area contributed by atoms with E-state index in [0.717, 1.165) is 47.9 Å². The van der Waals surface area contributed by atoms with Crippen molar-refractivity contribution in [2.75, 3.05) is 13.1 Å². The molecule has 390 valence electrons. The second-order valence-corrected chi connectivity index (χ2v) is 20.4. The molecule has 19 heteroatoms. The van der Waals surface area contributed by atoms with Gasteiger partial charge in [-0.15, -0.1) is 0 Å². The van der Waals surface area contributed by atoms with Crippen molar-refractivity contribution < 1.29 is 43.1 Å². The molecular weight excluding hydrogens is 935 g/mol. The maximum Gasteiger partial charge on any atom is 0.408 e. The van der Waals surface area contributed by atoms with Crippen LogP contribution in [0.4, 0.5) is 4.79 Å². The van der Waals surface area contributed by atoms with Gasteiger partial charge in [0.25, 0.3) is 0 Å². The summed E-state index contributed by atoms with van der Waals surface area (Å²) in [4.78, 5) is 123. The van der Waals surface area contributed by atoms with Crippen LogP contribution in [0.3, 0.4) is 0 Å². The van der Waals surface area contributed by atoms with Gasteiger partial charge in [0.2, 0.25) is 41.4 Å². The number of hydrogen-bond acceptors (Lipinski definition) is 10. The highest BCUT2D eigenvalue weighted by molar-refractivity contribution is 6.00. The summed E-state index contributed by atoms with van der Waals surface area (Å²) < 4.78 is 8.59. The van der Waals surface area contributed by atoms with Gasteiger partial charge < -0.3 is 36.2 Å². The number of nitrogens with zero attached hydrogens (tertiary/aromatic N) is 4. The van der Waals surface area contributed by atoms with E-state index in [1.54, 1.807) is 37.3 Å². The van der Waals surface area contributed by atoms with Gasteiger partial charge in [-0.25, -0.2) is 9.59 Å². The van der Waals surface area contributed by atoms with Crippen LogP contribution in [0, 0.1) is 0 Å². The average molecular weight is 1000 g/mol. The summed E-state index contributed by atoms with van der Waals surface area (Å²) >= 11 is 0. The summed E-state index contributed by atoms with van der Waals surface area (Å²) in [6, 6.07) is 19.2. The van der Waals surface area contributed by atoms with Gasteiger partial charge in [-0.3, -0.25) is 48.0 Å². The van der Waals surface area contributed by atoms with Crippen molar-refractivity contribution in [3.8, 4) is 0 Å². The third-order valence-corrected chi connectivity index (χ3v) is 13.9. The third kappa shape index (κ3) is 13.4. The van der Waals surface area contributed by atoms with Gasteiger partial charge in [-0.1, -0.05) is 92.1 Å². The standard InChI is InChI=1S/C54H69N9O10/c1-54(2,3)73-52(71)57-39-33-61(45(66)24-15-7-5-6-10-21-36-22-16-23-40-47(36)60(4)53(72)63(40)42-28-30-44(65)58-50(42)69)32-31-37-25-27-41(62(37)51(39)70)49(68)56-38(26-29-43(55)64)48(67)59-46(34-17-11-8-12-18-34)35-19-13-9-14-20-35/h8-9,11-14,16-20,22-23,37-39,41-42,46H,5-7,10,15,21,24-33H2,1-4H3,(H2,55,64)(H,56,68)(H,57,71)(H,59,67)(H,58,65,69)/t37-,38+,39+,41+,42?/m1/s1. The Morgan fingerprint density at radius 3 is 2.12 bits per heavy atom. The minimum Gasteiger partial charge on any atom is -0.444 e. The molecule has 19 nitrogen and oxygen atoms in total. The molecule has 3 fully saturated rings. The first-order chi connectivity index (χ1) is 34.9. The molecule has 73 heavy (non-hydrogen) atoms. The molecule has 1 aromatic heterocycles. The van der Waals surface area contributed by atoms with Crippen molar-refractivity contribution in [3.05, 3.63) is 106 Å². The van der Waals surface area contributed by atoms with Crippen LogP contribution in [0.15, 0.2) is 83.7 Å². The molecular formula is C54H69N9O10. The number of imidazole rings is 1. The predicted molar refractivity (Wildman–Crippen MR) is 271 cm³/mol. The van der Waals surface area contributed by atoms with E-state index in [2.05, 4.69) is 21.3 Å². The SMILES string of the molecule is Cn1c(=O)n(C2CCC(=O)NC2=O)c2cccc(CCCCCCCC(=O)N3CC[C@H]4CC[C@@H](C(=O)N[C@@H](CCC(N)=O)C(=O)NC(c5ccccc5)c5ccccc5)N4C(=O)[C@@H](NC(=O)OC(C)(C)C)C3)c21. The predicted octanol–water partition coefficient (Wildman–Crippen LogP) is 4.34. The number of piperidine rings is 1. The van der Waals surface area contributed by atoms with E-state index < -0.39 is 77.5 Å². The Kier molecular flexibility index (Phi) is 17.5. The van der Waals surface area contributed by atoms with Crippen LogP contribution in [0.1, 0.15) is 133 Å². The molecule has 3 saturated heterocycles. The minimum atomic E-state index is -1.24. The highest BCUT2D eigenvalue weighted by atomic mass is 16.6. The largest absolute Gasteiger partial charge is 0.444 e. The number of unbranched alkanes of at least 4 members (excludes halogenated alkanes) is 4. The van der Waals surface area contributed by atoms with E-state index in [0.29, 0.717) is 31.2 Å². The fourth-order valence-corrected chi connectivity index (χ4v) is 10.4. The molecule has 0 aliphatic carbocycles. The number of fused-ring (bicyclic) bond motifs is 2. The number of hydrogen-bond donors (Lipinski definition) is 5. The van der Waals surface area contributed by atoms with E-state index in [1.165, 1.54) is 9.47 Å². The number of para-hydroxylation sites is 1. The monoisotopic (exact) mass is 1000 g/mol. The Morgan fingerprint density at radius 1 is 0.795 bits per heavy atom. The number of carbonyl (C=O) groups excluding carboxylic acids is 8. The third-order valence-electron chi connectivity index (χ3n) is 13.9. The molecule has 4 heterocycles. The minimum absolute atomic E-state index is 0.0852. The van der Waals surface area contributed by atoms with Gasteiger partial charge in [0.15, 0.2) is 0 Å². The number of amides is 8. The number of nitrogens with one attached hydrogen (secondary N) is 4. The number of carbonyl (C=O) groups is 8. The molecule has 4 aromatic rings. The van der Waals surface area contributed by atoms with Crippen molar-refractivity contribution in [3.63, 3.8) is 0 Å². The lowest BCUT2D eigenvalue weighted by Crippen LogP contribution is -2.62. The van der Waals surface area contributed by atoms with Crippen LogP contribution >= 0.6 is 0 Å². The van der Waals surface area contributed by atoms with Crippen LogP contribution in [-0.2, 0) is 51.8 Å². The molecule has 6 N–H and O–H groups in total. The lowest BCUT2D eigenvalue weighted by atomic mass is 9.98. The fraction of sp³-hybridized carbons (Fsp3) is 0.500. The Labute approximate surface area is 424 Å². The number of aromatic nitrogens is 2. The molecule has 5 atom stereocenters. The molecule has 0 spiro atoms. The first-order valence-electron chi connectivity index (χ1n) is 25.5. The second kappa shape index (κ2) is 23.9. The van der Waals surface area contributed by atoms with E-state index in [1.807, 2.05) is 78.9 Å². The summed E-state index contributed by atoms with van der Waals surface area (Å²) in [5.41, 5.74) is 8.33. The highest BCUT2D eigenvalue weighted by Gasteiger charge is 2.46. The van der Waals surface area contributed by atoms with Crippen LogP contribution in [0.2, 0.25) is 0 Å². The molecule has 3 aliphatic heterocycles. The molecule has 0 radical (unpaired) electrons. The Morgan fingerprint density at radius 2 is 1.47 bits per heavy atom. The Hall–Kier alpha value is -7.31. The van der Waals surface area contributed by atoms with Gasteiger partial charge in [-0.2, -0.15) is 0 Å². The van der Waals surface area contributed by atoms with Crippen LogP contribution < -0.4 is 32.7 Å². The first-order valence-corrected chi connectivity index (χ1v) is 25.5. The van der Waals surface area contributed by atoms with Gasteiger partial charge in [0.05, 0.1) is 23.6 Å². The van der Waals surface area contributed by atoms with Crippen LogP contribution in [-0.4, -0.2) is 109 Å². The zero-order chi connectivity index (χ0) is 52.4. The molecule has 1 unspecified atom stereocenters. The van der Waals surface area contributed by atoms with Crippen LogP contribution in [0.25, 0.3) is 11.0 Å². The summed E-state index contributed by atoms with van der Waals surface area (Å²) in [7, 11) is 1.69. The number of aryl methyl sites for hydroxylation is 2. The first kappa shape index (κ1) is 53.5. The number of imide groups is 1. The van der Waals surface area contributed by atoms with Crippen molar-refractivity contribution in [2.45, 2.75) is 153 Å². The quantitative estimate of drug-likeness (QED) is 0.0656. The Balaban J connectivity index is 0.968. The number of rotatable bonds is 19. The molecule has 0 bridgehead atoms. The summed E-state index contributed by atoms with van der Waals surface area (Å²) in [6.07, 6.45) is 5.25. The van der Waals surface area contributed by atoms with Gasteiger partial charge >= 0.3 is 11.8 Å². The number of alkyl carbamates (subject to hydrolysis) is 1. The number of primary amides is 1. The van der Waals surface area contributed by atoms with Gasteiger partial charge in [-0.05, 0) is 94.9 Å². The van der Waals surface area contributed by atoms with E-state index >= 15 is 0 Å². The molecule has 3 aliphatic rings. The van der Waals surface area contributed by atoms with Crippen molar-refractivity contribution in [2.24, 2.45) is 12.8 Å². The van der Waals surface area contributed by atoms with E-state index in [-0.39, 0.29) is 69.1 Å². The maximum absolute atomic E-state index is 14.7. The van der Waals surface area contributed by atoms with Crippen LogP contribution in [0.5, 0.6) is 0 Å². The summed E-state index contributed by atoms with van der Waals surface area (Å²) in [6.45, 7) is 5.22. The lowest BCUT2D eigenvalue weighted by molar-refractivity contribution is -0.146. The highest BCUT2D eigenvalue weighted by Crippen LogP contribution is 2.31. The van der Waals surface area contributed by atoms with E-state index in [9.17, 15) is 43.2 Å². The summed E-state index contributed by atoms with van der Waals surface area (Å²) in [5.74, 6) is -3.32.